The van der Waals surface area contributed by atoms with E-state index in [0.717, 1.165) is 0 Å². The van der Waals surface area contributed by atoms with Crippen LogP contribution in [0.1, 0.15) is 24.3 Å². The van der Waals surface area contributed by atoms with Crippen LogP contribution in [0.4, 0.5) is 0 Å². The molecule has 0 bridgehead atoms. The van der Waals surface area contributed by atoms with Crippen molar-refractivity contribution in [3.8, 4) is 5.75 Å². The lowest BCUT2D eigenvalue weighted by Crippen LogP contribution is -2.03. The Labute approximate surface area is 110 Å². The number of hydrogen-bond acceptors (Lipinski definition) is 4. The third-order valence-corrected chi connectivity index (χ3v) is 2.62. The van der Waals surface area contributed by atoms with E-state index < -0.39 is 6.10 Å². The molecule has 0 aliphatic rings. The zero-order valence-corrected chi connectivity index (χ0v) is 10.6. The first kappa shape index (κ1) is 12.8. The zero-order chi connectivity index (χ0) is 13.0. The van der Waals surface area contributed by atoms with E-state index in [1.807, 2.05) is 6.92 Å². The summed E-state index contributed by atoms with van der Waals surface area (Å²) in [6.07, 6.45) is 3.86. The van der Waals surface area contributed by atoms with Crippen LogP contribution in [-0.4, -0.2) is 21.7 Å². The van der Waals surface area contributed by atoms with Gasteiger partial charge in [0.25, 0.3) is 0 Å². The Hall–Kier alpha value is -1.65. The average Bonchev–Trinajstić information content (AvgIpc) is 2.39. The molecule has 1 N–H and O–H groups in total. The number of halogens is 1. The van der Waals surface area contributed by atoms with Crippen LogP contribution in [0.25, 0.3) is 0 Å². The molecular weight excluding hydrogens is 252 g/mol. The molecule has 0 aliphatic carbocycles. The molecule has 0 saturated carbocycles. The normalized spacial score (nSPS) is 12.2. The second-order valence-corrected chi connectivity index (χ2v) is 4.13. The van der Waals surface area contributed by atoms with Gasteiger partial charge in [-0.2, -0.15) is 0 Å². The highest BCUT2D eigenvalue weighted by Gasteiger charge is 2.13. The van der Waals surface area contributed by atoms with Crippen LogP contribution in [0.2, 0.25) is 5.02 Å². The van der Waals surface area contributed by atoms with Crippen molar-refractivity contribution >= 4 is 11.6 Å². The van der Waals surface area contributed by atoms with Gasteiger partial charge in [-0.15, -0.1) is 0 Å². The Morgan fingerprint density at radius 3 is 2.83 bits per heavy atom. The molecular formula is C13H13ClN2O2. The summed E-state index contributed by atoms with van der Waals surface area (Å²) < 4.78 is 5.34. The second-order valence-electron chi connectivity index (χ2n) is 3.69. The van der Waals surface area contributed by atoms with Crippen LogP contribution in [0, 0.1) is 0 Å². The van der Waals surface area contributed by atoms with Crippen LogP contribution in [0.5, 0.6) is 5.75 Å². The number of pyridine rings is 2. The molecule has 2 aromatic heterocycles. The van der Waals surface area contributed by atoms with Crippen LogP contribution >= 0.6 is 11.6 Å². The molecule has 1 atom stereocenters. The van der Waals surface area contributed by atoms with Gasteiger partial charge in [-0.05, 0) is 25.1 Å². The summed E-state index contributed by atoms with van der Waals surface area (Å²) in [7, 11) is 0. The van der Waals surface area contributed by atoms with Crippen LogP contribution < -0.4 is 4.74 Å². The maximum atomic E-state index is 10.2. The summed E-state index contributed by atoms with van der Waals surface area (Å²) in [5.41, 5.74) is 1.16. The van der Waals surface area contributed by atoms with Crippen molar-refractivity contribution in [3.05, 3.63) is 53.1 Å². The van der Waals surface area contributed by atoms with Crippen LogP contribution in [-0.2, 0) is 0 Å². The van der Waals surface area contributed by atoms with Crippen molar-refractivity contribution < 1.29 is 9.84 Å². The Balaban J connectivity index is 2.24. The number of nitrogens with zero attached hydrogens (tertiary/aromatic N) is 2. The molecule has 0 saturated heterocycles. The fourth-order valence-corrected chi connectivity index (χ4v) is 1.66. The van der Waals surface area contributed by atoms with Gasteiger partial charge in [0.15, 0.2) is 0 Å². The van der Waals surface area contributed by atoms with Crippen LogP contribution in [0.3, 0.4) is 0 Å². The number of aromatic nitrogens is 2. The fourth-order valence-electron chi connectivity index (χ4n) is 1.55. The highest BCUT2D eigenvalue weighted by molar-refractivity contribution is 6.30. The highest BCUT2D eigenvalue weighted by atomic mass is 35.5. The largest absolute Gasteiger partial charge is 0.492 e. The lowest BCUT2D eigenvalue weighted by Gasteiger charge is -2.11. The summed E-state index contributed by atoms with van der Waals surface area (Å²) in [6, 6.07) is 5.12. The molecule has 0 aromatic carbocycles. The standard InChI is InChI=1S/C13H13ClN2O2/c1-2-18-11-5-9(6-15-8-11)13(17)12-4-3-10(14)7-16-12/h3-8,13,17H,2H2,1H3. The van der Waals surface area contributed by atoms with E-state index in [4.69, 9.17) is 16.3 Å². The minimum Gasteiger partial charge on any atom is -0.492 e. The maximum absolute atomic E-state index is 10.2. The average molecular weight is 265 g/mol. The second kappa shape index (κ2) is 5.80. The van der Waals surface area contributed by atoms with E-state index in [9.17, 15) is 5.11 Å². The Morgan fingerprint density at radius 1 is 1.33 bits per heavy atom. The monoisotopic (exact) mass is 264 g/mol. The Kier molecular flexibility index (Phi) is 4.12. The third-order valence-electron chi connectivity index (χ3n) is 2.39. The third kappa shape index (κ3) is 2.97. The molecule has 4 nitrogen and oxygen atoms in total. The Bertz CT molecular complexity index is 517. The SMILES string of the molecule is CCOc1cncc(C(O)c2ccc(Cl)cn2)c1. The lowest BCUT2D eigenvalue weighted by atomic mass is 10.1. The topological polar surface area (TPSA) is 55.2 Å². The van der Waals surface area contributed by atoms with E-state index in [2.05, 4.69) is 9.97 Å². The number of aliphatic hydroxyl groups excluding tert-OH is 1. The first-order valence-electron chi connectivity index (χ1n) is 5.58. The van der Waals surface area contributed by atoms with Crippen molar-refractivity contribution in [2.75, 3.05) is 6.61 Å². The molecule has 0 amide bonds. The molecule has 2 rings (SSSR count). The Morgan fingerprint density at radius 2 is 2.17 bits per heavy atom. The summed E-state index contributed by atoms with van der Waals surface area (Å²) in [5, 5.41) is 10.7. The van der Waals surface area contributed by atoms with Crippen molar-refractivity contribution in [1.29, 1.82) is 0 Å². The quantitative estimate of drug-likeness (QED) is 0.922. The zero-order valence-electron chi connectivity index (χ0n) is 9.88. The van der Waals surface area contributed by atoms with Gasteiger partial charge in [-0.3, -0.25) is 9.97 Å². The number of rotatable bonds is 4. The molecule has 0 fully saturated rings. The summed E-state index contributed by atoms with van der Waals surface area (Å²) in [5.74, 6) is 0.628. The van der Waals surface area contributed by atoms with Crippen molar-refractivity contribution in [3.63, 3.8) is 0 Å². The van der Waals surface area contributed by atoms with Gasteiger partial charge in [0.1, 0.15) is 11.9 Å². The minimum atomic E-state index is -0.838. The molecule has 2 aromatic rings. The van der Waals surface area contributed by atoms with E-state index in [1.54, 1.807) is 30.6 Å². The minimum absolute atomic E-state index is 0.523. The predicted molar refractivity (Wildman–Crippen MR) is 68.7 cm³/mol. The van der Waals surface area contributed by atoms with Gasteiger partial charge in [0.05, 0.1) is 23.5 Å². The lowest BCUT2D eigenvalue weighted by molar-refractivity contribution is 0.214. The first-order chi connectivity index (χ1) is 8.70. The molecule has 18 heavy (non-hydrogen) atoms. The number of aliphatic hydroxyl groups is 1. The molecule has 1 unspecified atom stereocenters. The number of hydrogen-bond donors (Lipinski definition) is 1. The fraction of sp³-hybridized carbons (Fsp3) is 0.231. The summed E-state index contributed by atoms with van der Waals surface area (Å²) in [4.78, 5) is 8.11. The predicted octanol–water partition coefficient (Wildman–Crippen LogP) is 2.61. The smallest absolute Gasteiger partial charge is 0.137 e. The molecule has 0 radical (unpaired) electrons. The molecule has 0 spiro atoms. The molecule has 5 heteroatoms. The van der Waals surface area contributed by atoms with Gasteiger partial charge in [0, 0.05) is 18.0 Å². The molecule has 2 heterocycles. The van der Waals surface area contributed by atoms with Crippen molar-refractivity contribution in [2.45, 2.75) is 13.0 Å². The van der Waals surface area contributed by atoms with Gasteiger partial charge in [-0.25, -0.2) is 0 Å². The van der Waals surface area contributed by atoms with Gasteiger partial charge >= 0.3 is 0 Å². The van der Waals surface area contributed by atoms with E-state index in [0.29, 0.717) is 28.6 Å². The highest BCUT2D eigenvalue weighted by Crippen LogP contribution is 2.23. The first-order valence-corrected chi connectivity index (χ1v) is 5.95. The van der Waals surface area contributed by atoms with Gasteiger partial charge in [0.2, 0.25) is 0 Å². The van der Waals surface area contributed by atoms with Crippen molar-refractivity contribution in [2.24, 2.45) is 0 Å². The summed E-state index contributed by atoms with van der Waals surface area (Å²) >= 11 is 5.75. The molecule has 0 aliphatic heterocycles. The van der Waals surface area contributed by atoms with Crippen molar-refractivity contribution in [1.82, 2.24) is 9.97 Å². The van der Waals surface area contributed by atoms with E-state index >= 15 is 0 Å². The van der Waals surface area contributed by atoms with E-state index in [1.165, 1.54) is 6.20 Å². The van der Waals surface area contributed by atoms with Gasteiger partial charge in [-0.1, -0.05) is 11.6 Å². The van der Waals surface area contributed by atoms with E-state index in [-0.39, 0.29) is 0 Å². The molecule has 94 valence electrons. The van der Waals surface area contributed by atoms with Crippen LogP contribution in [0.15, 0.2) is 36.8 Å². The van der Waals surface area contributed by atoms with Gasteiger partial charge < -0.3 is 9.84 Å². The maximum Gasteiger partial charge on any atom is 0.137 e. The summed E-state index contributed by atoms with van der Waals surface area (Å²) in [6.45, 7) is 2.45. The number of ether oxygens (including phenoxy) is 1.